The number of hydrogen-bond acceptors (Lipinski definition) is 2. The largest absolute Gasteiger partial charge is 0.494 e. The van der Waals surface area contributed by atoms with Crippen molar-refractivity contribution in [1.29, 1.82) is 0 Å². The quantitative estimate of drug-likeness (QED) is 0.778. The smallest absolute Gasteiger partial charge is 0.156 e. The van der Waals surface area contributed by atoms with Gasteiger partial charge in [0, 0.05) is 0 Å². The number of rotatable bonds is 5. The molecule has 1 unspecified atom stereocenters. The highest BCUT2D eigenvalue weighted by molar-refractivity contribution is 6.37. The van der Waals surface area contributed by atoms with E-state index in [9.17, 15) is 5.11 Å². The van der Waals surface area contributed by atoms with E-state index in [-0.39, 0.29) is 0 Å². The fourth-order valence-corrected chi connectivity index (χ4v) is 2.28. The predicted molar refractivity (Wildman–Crippen MR) is 83.4 cm³/mol. The third kappa shape index (κ3) is 6.03. The lowest BCUT2D eigenvalue weighted by Gasteiger charge is -2.15. The molecular weight excluding hydrogens is 283 g/mol. The summed E-state index contributed by atoms with van der Waals surface area (Å²) >= 11 is 12.0. The topological polar surface area (TPSA) is 29.5 Å². The van der Waals surface area contributed by atoms with E-state index >= 15 is 0 Å². The first kappa shape index (κ1) is 18.6. The number of hydrogen-bond donors (Lipinski definition) is 1. The highest BCUT2D eigenvalue weighted by atomic mass is 35.5. The van der Waals surface area contributed by atoms with E-state index < -0.39 is 6.10 Å². The van der Waals surface area contributed by atoms with Crippen LogP contribution >= 0.6 is 23.2 Å². The monoisotopic (exact) mass is 306 g/mol. The maximum atomic E-state index is 10.0. The van der Waals surface area contributed by atoms with Crippen LogP contribution in [0.2, 0.25) is 10.0 Å². The van der Waals surface area contributed by atoms with Crippen molar-refractivity contribution in [2.75, 3.05) is 7.11 Å². The minimum Gasteiger partial charge on any atom is -0.494 e. The predicted octanol–water partition coefficient (Wildman–Crippen LogP) is 5.50. The Morgan fingerprint density at radius 3 is 1.95 bits per heavy atom. The van der Waals surface area contributed by atoms with Gasteiger partial charge in [0.1, 0.15) is 0 Å². The molecule has 1 rings (SSSR count). The van der Waals surface area contributed by atoms with Crippen LogP contribution in [0, 0.1) is 5.92 Å². The molecule has 19 heavy (non-hydrogen) atoms. The van der Waals surface area contributed by atoms with Crippen LogP contribution in [0.4, 0.5) is 0 Å². The lowest BCUT2D eigenvalue weighted by Crippen LogP contribution is -2.00. The third-order valence-corrected chi connectivity index (χ3v) is 3.19. The standard InChI is InChI=1S/C13H18Cl2O2.C2H6/c1-8(2)4-5-12(16)9-6-10(14)13(17-3)11(15)7-9;1-2/h6-8,12,16H,4-5H2,1-3H3;1-2H3. The molecule has 0 aliphatic carbocycles. The molecule has 1 N–H and O–H groups in total. The minimum absolute atomic E-state index is 0.429. The second-order valence-electron chi connectivity index (χ2n) is 4.50. The molecule has 0 saturated carbocycles. The summed E-state index contributed by atoms with van der Waals surface area (Å²) in [5.74, 6) is 1.02. The average molecular weight is 307 g/mol. The number of aliphatic hydroxyl groups is 1. The highest BCUT2D eigenvalue weighted by Gasteiger charge is 2.14. The molecule has 1 aromatic rings. The van der Waals surface area contributed by atoms with E-state index in [4.69, 9.17) is 27.9 Å². The van der Waals surface area contributed by atoms with E-state index in [1.54, 1.807) is 12.1 Å². The van der Waals surface area contributed by atoms with Crippen molar-refractivity contribution in [3.63, 3.8) is 0 Å². The third-order valence-electron chi connectivity index (χ3n) is 2.63. The second kappa shape index (κ2) is 9.46. The van der Waals surface area contributed by atoms with Gasteiger partial charge in [0.2, 0.25) is 0 Å². The van der Waals surface area contributed by atoms with E-state index in [1.165, 1.54) is 7.11 Å². The van der Waals surface area contributed by atoms with Gasteiger partial charge in [0.25, 0.3) is 0 Å². The van der Waals surface area contributed by atoms with E-state index in [0.29, 0.717) is 28.1 Å². The maximum absolute atomic E-state index is 10.0. The van der Waals surface area contributed by atoms with Gasteiger partial charge < -0.3 is 9.84 Å². The van der Waals surface area contributed by atoms with Crippen LogP contribution in [0.3, 0.4) is 0 Å². The Morgan fingerprint density at radius 2 is 1.58 bits per heavy atom. The maximum Gasteiger partial charge on any atom is 0.156 e. The molecule has 4 heteroatoms. The van der Waals surface area contributed by atoms with E-state index in [1.807, 2.05) is 13.8 Å². The Labute approximate surface area is 126 Å². The first-order chi connectivity index (χ1) is 8.95. The van der Waals surface area contributed by atoms with E-state index in [2.05, 4.69) is 13.8 Å². The van der Waals surface area contributed by atoms with Crippen molar-refractivity contribution in [2.24, 2.45) is 5.92 Å². The van der Waals surface area contributed by atoms with Crippen molar-refractivity contribution < 1.29 is 9.84 Å². The molecule has 110 valence electrons. The molecule has 1 atom stereocenters. The summed E-state index contributed by atoms with van der Waals surface area (Å²) in [6.45, 7) is 8.25. The van der Waals surface area contributed by atoms with Crippen molar-refractivity contribution in [3.8, 4) is 5.75 Å². The summed E-state index contributed by atoms with van der Waals surface area (Å²) in [5.41, 5.74) is 0.737. The summed E-state index contributed by atoms with van der Waals surface area (Å²) in [5, 5.41) is 10.9. The second-order valence-corrected chi connectivity index (χ2v) is 5.32. The van der Waals surface area contributed by atoms with Crippen LogP contribution < -0.4 is 4.74 Å². The first-order valence-corrected chi connectivity index (χ1v) is 7.42. The minimum atomic E-state index is -0.529. The van der Waals surface area contributed by atoms with Crippen molar-refractivity contribution in [1.82, 2.24) is 0 Å². The van der Waals surface area contributed by atoms with Crippen LogP contribution in [0.25, 0.3) is 0 Å². The lowest BCUT2D eigenvalue weighted by atomic mass is 10.00. The molecule has 0 saturated heterocycles. The zero-order valence-corrected chi connectivity index (χ0v) is 13.8. The molecule has 0 fully saturated rings. The van der Waals surface area contributed by atoms with Gasteiger partial charge in [-0.2, -0.15) is 0 Å². The van der Waals surface area contributed by atoms with Gasteiger partial charge in [-0.1, -0.05) is 50.9 Å². The fourth-order valence-electron chi connectivity index (χ4n) is 1.62. The molecule has 0 aliphatic rings. The zero-order valence-electron chi connectivity index (χ0n) is 12.3. The Balaban J connectivity index is 0.00000154. The van der Waals surface area contributed by atoms with Gasteiger partial charge >= 0.3 is 0 Å². The molecule has 0 aromatic heterocycles. The number of aliphatic hydroxyl groups excluding tert-OH is 1. The van der Waals surface area contributed by atoms with Gasteiger partial charge in [-0.15, -0.1) is 0 Å². The number of methoxy groups -OCH3 is 1. The summed E-state index contributed by atoms with van der Waals surface area (Å²) in [6, 6.07) is 3.41. The highest BCUT2D eigenvalue weighted by Crippen LogP contribution is 2.36. The number of benzene rings is 1. The van der Waals surface area contributed by atoms with Gasteiger partial charge in [-0.05, 0) is 36.5 Å². The van der Waals surface area contributed by atoms with Crippen LogP contribution in [0.1, 0.15) is 52.2 Å². The summed E-state index contributed by atoms with van der Waals surface area (Å²) in [7, 11) is 1.52. The van der Waals surface area contributed by atoms with Crippen LogP contribution in [-0.4, -0.2) is 12.2 Å². The van der Waals surface area contributed by atoms with Gasteiger partial charge in [-0.3, -0.25) is 0 Å². The Bertz CT molecular complexity index is 355. The zero-order chi connectivity index (χ0) is 15.0. The average Bonchev–Trinajstić information content (AvgIpc) is 2.37. The summed E-state index contributed by atoms with van der Waals surface area (Å²) < 4.78 is 5.06. The lowest BCUT2D eigenvalue weighted by molar-refractivity contribution is 0.159. The van der Waals surface area contributed by atoms with Crippen LogP contribution in [-0.2, 0) is 0 Å². The van der Waals surface area contributed by atoms with Crippen molar-refractivity contribution in [3.05, 3.63) is 27.7 Å². The molecule has 0 bridgehead atoms. The van der Waals surface area contributed by atoms with E-state index in [0.717, 1.165) is 12.0 Å². The van der Waals surface area contributed by atoms with Crippen molar-refractivity contribution >= 4 is 23.2 Å². The molecule has 0 radical (unpaired) electrons. The van der Waals surface area contributed by atoms with Crippen molar-refractivity contribution in [2.45, 2.75) is 46.6 Å². The van der Waals surface area contributed by atoms with Gasteiger partial charge in [0.05, 0.1) is 23.3 Å². The Morgan fingerprint density at radius 1 is 1.11 bits per heavy atom. The first-order valence-electron chi connectivity index (χ1n) is 6.66. The number of halogens is 2. The molecule has 0 aliphatic heterocycles. The molecule has 1 aromatic carbocycles. The molecule has 0 amide bonds. The van der Waals surface area contributed by atoms with Gasteiger partial charge in [-0.25, -0.2) is 0 Å². The van der Waals surface area contributed by atoms with Crippen LogP contribution in [0.15, 0.2) is 12.1 Å². The summed E-state index contributed by atoms with van der Waals surface area (Å²) in [4.78, 5) is 0. The molecule has 0 heterocycles. The molecule has 0 spiro atoms. The Hall–Kier alpha value is -0.440. The normalized spacial score (nSPS) is 11.8. The van der Waals surface area contributed by atoms with Gasteiger partial charge in [0.15, 0.2) is 5.75 Å². The van der Waals surface area contributed by atoms with Crippen LogP contribution in [0.5, 0.6) is 5.75 Å². The number of ether oxygens (including phenoxy) is 1. The summed E-state index contributed by atoms with van der Waals surface area (Å²) in [6.07, 6.45) is 1.14. The molecule has 2 nitrogen and oxygen atoms in total. The SMILES string of the molecule is CC.COc1c(Cl)cc(C(O)CCC(C)C)cc1Cl. The molecular formula is C15H24Cl2O2. The fraction of sp³-hybridized carbons (Fsp3) is 0.600. The Kier molecular flexibility index (Phi) is 9.24.